The molecule has 2 aromatic rings. The van der Waals surface area contributed by atoms with Gasteiger partial charge < -0.3 is 19.5 Å². The first-order valence-corrected chi connectivity index (χ1v) is 7.92. The van der Waals surface area contributed by atoms with Crippen LogP contribution in [0.4, 0.5) is 0 Å². The second kappa shape index (κ2) is 8.82. The fourth-order valence-electron chi connectivity index (χ4n) is 2.27. The first-order valence-electron chi connectivity index (χ1n) is 7.92. The van der Waals surface area contributed by atoms with E-state index in [1.807, 2.05) is 50.2 Å². The van der Waals surface area contributed by atoms with Crippen molar-refractivity contribution >= 4 is 5.91 Å². The first-order chi connectivity index (χ1) is 11.6. The average molecular weight is 329 g/mol. The van der Waals surface area contributed by atoms with Gasteiger partial charge in [-0.1, -0.05) is 24.3 Å². The highest BCUT2D eigenvalue weighted by molar-refractivity contribution is 5.78. The van der Waals surface area contributed by atoms with E-state index in [2.05, 4.69) is 5.32 Å². The minimum absolute atomic E-state index is 0.0677. The highest BCUT2D eigenvalue weighted by Crippen LogP contribution is 2.25. The lowest BCUT2D eigenvalue weighted by atomic mass is 10.1. The summed E-state index contributed by atoms with van der Waals surface area (Å²) in [5.41, 5.74) is 1.00. The third-order valence-corrected chi connectivity index (χ3v) is 3.50. The van der Waals surface area contributed by atoms with Gasteiger partial charge in [-0.25, -0.2) is 0 Å². The Hall–Kier alpha value is -2.69. The molecule has 5 heteroatoms. The number of amides is 1. The van der Waals surface area contributed by atoms with Crippen LogP contribution in [0.3, 0.4) is 0 Å². The van der Waals surface area contributed by atoms with Gasteiger partial charge in [0.15, 0.2) is 18.1 Å². The summed E-state index contributed by atoms with van der Waals surface area (Å²) in [6, 6.07) is 14.8. The van der Waals surface area contributed by atoms with E-state index in [-0.39, 0.29) is 18.6 Å². The molecule has 1 amide bonds. The zero-order valence-electron chi connectivity index (χ0n) is 14.2. The lowest BCUT2D eigenvalue weighted by Crippen LogP contribution is -2.31. The molecular formula is C19H23NO4. The number of rotatable bonds is 8. The van der Waals surface area contributed by atoms with E-state index in [0.717, 1.165) is 11.3 Å². The van der Waals surface area contributed by atoms with Crippen LogP contribution >= 0.6 is 0 Å². The minimum Gasteiger partial charge on any atom is -0.494 e. The fraction of sp³-hybridized carbons (Fsp3) is 0.316. The van der Waals surface area contributed by atoms with Crippen LogP contribution in [0.25, 0.3) is 0 Å². The van der Waals surface area contributed by atoms with Crippen molar-refractivity contribution < 1.29 is 19.0 Å². The van der Waals surface area contributed by atoms with Gasteiger partial charge in [-0.15, -0.1) is 0 Å². The number of methoxy groups -OCH3 is 1. The van der Waals surface area contributed by atoms with Gasteiger partial charge in [0.25, 0.3) is 5.91 Å². The summed E-state index contributed by atoms with van der Waals surface area (Å²) < 4.78 is 16.1. The molecular weight excluding hydrogens is 306 g/mol. The summed E-state index contributed by atoms with van der Waals surface area (Å²) in [6.07, 6.45) is 0. The number of benzene rings is 2. The van der Waals surface area contributed by atoms with E-state index >= 15 is 0 Å². The third-order valence-electron chi connectivity index (χ3n) is 3.50. The number of hydrogen-bond acceptors (Lipinski definition) is 4. The molecule has 0 aliphatic heterocycles. The van der Waals surface area contributed by atoms with Crippen molar-refractivity contribution in [1.29, 1.82) is 0 Å². The number of carbonyl (C=O) groups is 1. The Morgan fingerprint density at radius 1 is 1.04 bits per heavy atom. The summed E-state index contributed by atoms with van der Waals surface area (Å²) in [7, 11) is 1.57. The molecule has 0 saturated heterocycles. The van der Waals surface area contributed by atoms with Crippen LogP contribution in [0.2, 0.25) is 0 Å². The van der Waals surface area contributed by atoms with Crippen LogP contribution < -0.4 is 19.5 Å². The summed E-state index contributed by atoms with van der Waals surface area (Å²) in [5, 5.41) is 2.91. The van der Waals surface area contributed by atoms with Gasteiger partial charge in [0.1, 0.15) is 5.75 Å². The van der Waals surface area contributed by atoms with Crippen molar-refractivity contribution in [3.63, 3.8) is 0 Å². The standard InChI is InChI=1S/C19H23NO4/c1-4-23-16-11-9-15(10-12-16)14(2)20-19(21)13-24-18-8-6-5-7-17(18)22-3/h5-12,14H,4,13H2,1-3H3,(H,20,21)/t14-/m0/s1. The molecule has 2 aromatic carbocycles. The maximum atomic E-state index is 12.1. The van der Waals surface area contributed by atoms with Gasteiger partial charge in [0, 0.05) is 0 Å². The summed E-state index contributed by atoms with van der Waals surface area (Å²) >= 11 is 0. The molecule has 1 atom stereocenters. The smallest absolute Gasteiger partial charge is 0.258 e. The number of para-hydroxylation sites is 2. The van der Waals surface area contributed by atoms with Crippen molar-refractivity contribution in [3.8, 4) is 17.2 Å². The van der Waals surface area contributed by atoms with Crippen molar-refractivity contribution in [1.82, 2.24) is 5.32 Å². The van der Waals surface area contributed by atoms with E-state index in [9.17, 15) is 4.79 Å². The maximum absolute atomic E-state index is 12.1. The number of hydrogen-bond donors (Lipinski definition) is 1. The average Bonchev–Trinajstić information content (AvgIpc) is 2.61. The van der Waals surface area contributed by atoms with Crippen LogP contribution in [0.15, 0.2) is 48.5 Å². The molecule has 128 valence electrons. The van der Waals surface area contributed by atoms with Crippen molar-refractivity contribution in [2.24, 2.45) is 0 Å². The number of ether oxygens (including phenoxy) is 3. The van der Waals surface area contributed by atoms with Crippen LogP contribution in [-0.2, 0) is 4.79 Å². The molecule has 0 saturated carbocycles. The lowest BCUT2D eigenvalue weighted by Gasteiger charge is -2.16. The Bertz CT molecular complexity index is 655. The van der Waals surface area contributed by atoms with E-state index in [1.54, 1.807) is 19.2 Å². The molecule has 24 heavy (non-hydrogen) atoms. The molecule has 0 aliphatic carbocycles. The number of nitrogens with one attached hydrogen (secondary N) is 1. The Morgan fingerprint density at radius 2 is 1.71 bits per heavy atom. The monoisotopic (exact) mass is 329 g/mol. The van der Waals surface area contributed by atoms with Gasteiger partial charge in [-0.05, 0) is 43.7 Å². The van der Waals surface area contributed by atoms with Crippen LogP contribution in [0.5, 0.6) is 17.2 Å². The Balaban J connectivity index is 1.87. The summed E-state index contributed by atoms with van der Waals surface area (Å²) in [6.45, 7) is 4.43. The van der Waals surface area contributed by atoms with Crippen molar-refractivity contribution in [2.75, 3.05) is 20.3 Å². The Kier molecular flexibility index (Phi) is 6.49. The quantitative estimate of drug-likeness (QED) is 0.807. The van der Waals surface area contributed by atoms with Crippen molar-refractivity contribution in [2.45, 2.75) is 19.9 Å². The van der Waals surface area contributed by atoms with E-state index < -0.39 is 0 Å². The van der Waals surface area contributed by atoms with E-state index in [1.165, 1.54) is 0 Å². The predicted molar refractivity (Wildman–Crippen MR) is 92.7 cm³/mol. The largest absolute Gasteiger partial charge is 0.494 e. The molecule has 0 unspecified atom stereocenters. The SMILES string of the molecule is CCOc1ccc([C@H](C)NC(=O)COc2ccccc2OC)cc1. The molecule has 0 aliphatic rings. The maximum Gasteiger partial charge on any atom is 0.258 e. The van der Waals surface area contributed by atoms with Gasteiger partial charge in [0.05, 0.1) is 19.8 Å². The second-order valence-corrected chi connectivity index (χ2v) is 5.23. The summed E-state index contributed by atoms with van der Waals surface area (Å²) in [4.78, 5) is 12.1. The molecule has 0 radical (unpaired) electrons. The molecule has 0 aromatic heterocycles. The molecule has 0 spiro atoms. The predicted octanol–water partition coefficient (Wildman–Crippen LogP) is 3.35. The van der Waals surface area contributed by atoms with Gasteiger partial charge >= 0.3 is 0 Å². The van der Waals surface area contributed by atoms with Crippen LogP contribution in [0.1, 0.15) is 25.5 Å². The van der Waals surface area contributed by atoms with E-state index in [4.69, 9.17) is 14.2 Å². The van der Waals surface area contributed by atoms with Gasteiger partial charge in [-0.2, -0.15) is 0 Å². The fourth-order valence-corrected chi connectivity index (χ4v) is 2.27. The molecule has 0 fully saturated rings. The third kappa shape index (κ3) is 4.91. The zero-order valence-corrected chi connectivity index (χ0v) is 14.2. The summed E-state index contributed by atoms with van der Waals surface area (Å²) in [5.74, 6) is 1.77. The molecule has 2 rings (SSSR count). The normalized spacial score (nSPS) is 11.5. The lowest BCUT2D eigenvalue weighted by molar-refractivity contribution is -0.123. The molecule has 0 bridgehead atoms. The minimum atomic E-state index is -0.192. The Morgan fingerprint density at radius 3 is 2.33 bits per heavy atom. The Labute approximate surface area is 142 Å². The molecule has 0 heterocycles. The van der Waals surface area contributed by atoms with Crippen LogP contribution in [-0.4, -0.2) is 26.2 Å². The number of carbonyl (C=O) groups excluding carboxylic acids is 1. The zero-order chi connectivity index (χ0) is 17.4. The first kappa shape index (κ1) is 17.7. The topological polar surface area (TPSA) is 56.8 Å². The van der Waals surface area contributed by atoms with E-state index in [0.29, 0.717) is 18.1 Å². The van der Waals surface area contributed by atoms with Gasteiger partial charge in [0.2, 0.25) is 0 Å². The van der Waals surface area contributed by atoms with Crippen LogP contribution in [0, 0.1) is 0 Å². The van der Waals surface area contributed by atoms with Crippen molar-refractivity contribution in [3.05, 3.63) is 54.1 Å². The second-order valence-electron chi connectivity index (χ2n) is 5.23. The highest BCUT2D eigenvalue weighted by Gasteiger charge is 2.11. The molecule has 5 nitrogen and oxygen atoms in total. The molecule has 1 N–H and O–H groups in total. The van der Waals surface area contributed by atoms with Gasteiger partial charge in [-0.3, -0.25) is 4.79 Å². The highest BCUT2D eigenvalue weighted by atomic mass is 16.5.